The first kappa shape index (κ1) is 26.1. The number of halogens is 3. The lowest BCUT2D eigenvalue weighted by atomic mass is 9.70. The summed E-state index contributed by atoms with van der Waals surface area (Å²) >= 11 is 0. The molecule has 0 aliphatic carbocycles. The van der Waals surface area contributed by atoms with Crippen molar-refractivity contribution in [1.29, 1.82) is 0 Å². The molecule has 1 aromatic carbocycles. The van der Waals surface area contributed by atoms with Crippen molar-refractivity contribution in [2.75, 3.05) is 13.1 Å². The van der Waals surface area contributed by atoms with Crippen LogP contribution in [0.3, 0.4) is 0 Å². The fourth-order valence-corrected chi connectivity index (χ4v) is 3.92. The van der Waals surface area contributed by atoms with Crippen LogP contribution in [0, 0.1) is 5.92 Å². The van der Waals surface area contributed by atoms with Gasteiger partial charge in [-0.15, -0.1) is 0 Å². The number of hydrogen-bond acceptors (Lipinski definition) is 4. The number of ether oxygens (including phenoxy) is 2. The Bertz CT molecular complexity index is 797. The van der Waals surface area contributed by atoms with E-state index in [-0.39, 0.29) is 6.54 Å². The zero-order valence-electron chi connectivity index (χ0n) is 19.8. The van der Waals surface area contributed by atoms with Crippen LogP contribution in [-0.4, -0.2) is 48.2 Å². The van der Waals surface area contributed by atoms with Gasteiger partial charge < -0.3 is 27.3 Å². The molecule has 0 unspecified atom stereocenters. The maximum atomic E-state index is 13.4. The molecular formula is C23H34BF3NO4-. The van der Waals surface area contributed by atoms with Crippen molar-refractivity contribution in [1.82, 2.24) is 4.90 Å². The van der Waals surface area contributed by atoms with E-state index in [9.17, 15) is 22.5 Å². The van der Waals surface area contributed by atoms with Gasteiger partial charge in [0.2, 0.25) is 0 Å². The lowest BCUT2D eigenvalue weighted by Gasteiger charge is -2.32. The number of likely N-dealkylation sites (tertiary alicyclic amines) is 1. The molecule has 1 fully saturated rings. The second-order valence-electron chi connectivity index (χ2n) is 10.5. The van der Waals surface area contributed by atoms with Crippen LogP contribution < -0.4 is 0 Å². The summed E-state index contributed by atoms with van der Waals surface area (Å²) in [7, 11) is 0. The standard InChI is InChI=1S/C23H34BF3NO4/c1-22(2,3)31-20(29)17-11-9-16(10-12-17)19-15-28(21(30)32-23(4,5)6)13-7-8-18(19)14-24(25,26)27/h9-12,18-19H,7-8,13-15H2,1-6H3/q-1/t18-,19-/m0/s1. The van der Waals surface area contributed by atoms with Gasteiger partial charge >= 0.3 is 19.0 Å². The molecule has 0 radical (unpaired) electrons. The molecule has 1 aliphatic rings. The minimum Gasteiger partial charge on any atom is -0.456 e. The van der Waals surface area contributed by atoms with E-state index in [2.05, 4.69) is 0 Å². The number of carbonyl (C=O) groups excluding carboxylic acids is 2. The molecule has 0 aromatic heterocycles. The van der Waals surface area contributed by atoms with Gasteiger partial charge in [0.1, 0.15) is 11.2 Å². The minimum absolute atomic E-state index is 0.136. The van der Waals surface area contributed by atoms with Crippen molar-refractivity contribution in [2.24, 2.45) is 5.92 Å². The van der Waals surface area contributed by atoms with Crippen LogP contribution in [0.5, 0.6) is 0 Å². The number of rotatable bonds is 4. The average molecular weight is 456 g/mol. The third-order valence-corrected chi connectivity index (χ3v) is 5.18. The summed E-state index contributed by atoms with van der Waals surface area (Å²) in [6, 6.07) is 6.47. The summed E-state index contributed by atoms with van der Waals surface area (Å²) in [5.41, 5.74) is -0.344. The topological polar surface area (TPSA) is 55.8 Å². The Hall–Kier alpha value is -2.19. The zero-order valence-corrected chi connectivity index (χ0v) is 19.8. The van der Waals surface area contributed by atoms with Crippen molar-refractivity contribution in [3.8, 4) is 0 Å². The van der Waals surface area contributed by atoms with Gasteiger partial charge in [-0.1, -0.05) is 30.8 Å². The molecule has 32 heavy (non-hydrogen) atoms. The first-order chi connectivity index (χ1) is 14.5. The highest BCUT2D eigenvalue weighted by atomic mass is 19.4. The molecule has 1 amide bonds. The predicted octanol–water partition coefficient (Wildman–Crippen LogP) is 6.22. The molecule has 5 nitrogen and oxygen atoms in total. The fourth-order valence-electron chi connectivity index (χ4n) is 3.92. The van der Waals surface area contributed by atoms with Crippen molar-refractivity contribution < 1.29 is 32.0 Å². The summed E-state index contributed by atoms with van der Waals surface area (Å²) < 4.78 is 50.9. The zero-order chi connectivity index (χ0) is 24.3. The highest BCUT2D eigenvalue weighted by molar-refractivity contribution is 6.58. The second-order valence-corrected chi connectivity index (χ2v) is 10.5. The first-order valence-corrected chi connectivity index (χ1v) is 11.1. The number of nitrogens with zero attached hydrogens (tertiary/aromatic N) is 1. The van der Waals surface area contributed by atoms with Gasteiger partial charge in [-0.2, -0.15) is 0 Å². The third-order valence-electron chi connectivity index (χ3n) is 5.18. The summed E-state index contributed by atoms with van der Waals surface area (Å²) in [6.07, 6.45) is -0.548. The normalized spacial score (nSPS) is 20.5. The predicted molar refractivity (Wildman–Crippen MR) is 119 cm³/mol. The van der Waals surface area contributed by atoms with E-state index < -0.39 is 48.4 Å². The largest absolute Gasteiger partial charge is 0.478 e. The molecule has 180 valence electrons. The number of hydrogen-bond donors (Lipinski definition) is 0. The first-order valence-electron chi connectivity index (χ1n) is 11.1. The number of benzene rings is 1. The summed E-state index contributed by atoms with van der Waals surface area (Å²) in [6.45, 7) is 6.07. The highest BCUT2D eigenvalue weighted by Gasteiger charge is 2.37. The SMILES string of the molecule is CC(C)(C)OC(=O)c1ccc([C@@H]2CN(C(=O)OC(C)(C)C)CCC[C@H]2C[B-](F)(F)F)cc1. The highest BCUT2D eigenvalue weighted by Crippen LogP contribution is 2.39. The lowest BCUT2D eigenvalue weighted by molar-refractivity contribution is 0.00689. The van der Waals surface area contributed by atoms with Crippen LogP contribution in [-0.2, 0) is 9.47 Å². The van der Waals surface area contributed by atoms with Crippen LogP contribution >= 0.6 is 0 Å². The van der Waals surface area contributed by atoms with Crippen LogP contribution in [0.4, 0.5) is 17.7 Å². The van der Waals surface area contributed by atoms with Gasteiger partial charge in [0, 0.05) is 19.0 Å². The monoisotopic (exact) mass is 456 g/mol. The van der Waals surface area contributed by atoms with Crippen molar-refractivity contribution in [3.63, 3.8) is 0 Å². The Morgan fingerprint density at radius 2 is 1.56 bits per heavy atom. The maximum Gasteiger partial charge on any atom is 0.478 e. The maximum absolute atomic E-state index is 13.4. The molecule has 2 rings (SSSR count). The number of carbonyl (C=O) groups is 2. The lowest BCUT2D eigenvalue weighted by Crippen LogP contribution is -2.39. The summed E-state index contributed by atoms with van der Waals surface area (Å²) in [4.78, 5) is 26.4. The average Bonchev–Trinajstić information content (AvgIpc) is 2.80. The van der Waals surface area contributed by atoms with E-state index in [4.69, 9.17) is 9.47 Å². The Labute approximate surface area is 188 Å². The molecule has 0 bridgehead atoms. The van der Waals surface area contributed by atoms with E-state index in [1.54, 1.807) is 65.8 Å². The molecule has 1 aromatic rings. The molecule has 9 heteroatoms. The van der Waals surface area contributed by atoms with E-state index in [1.807, 2.05) is 0 Å². The van der Waals surface area contributed by atoms with Gasteiger partial charge in [0.25, 0.3) is 0 Å². The van der Waals surface area contributed by atoms with Gasteiger partial charge in [0.15, 0.2) is 0 Å². The quantitative estimate of drug-likeness (QED) is 0.399. The van der Waals surface area contributed by atoms with E-state index in [0.717, 1.165) is 0 Å². The molecule has 0 saturated carbocycles. The molecule has 2 atom stereocenters. The Balaban J connectivity index is 2.29. The van der Waals surface area contributed by atoms with Crippen LogP contribution in [0.15, 0.2) is 24.3 Å². The van der Waals surface area contributed by atoms with Crippen LogP contribution in [0.2, 0.25) is 6.32 Å². The Kier molecular flexibility index (Phi) is 7.94. The van der Waals surface area contributed by atoms with Crippen LogP contribution in [0.25, 0.3) is 0 Å². The van der Waals surface area contributed by atoms with Gasteiger partial charge in [-0.05, 0) is 65.7 Å². The molecule has 1 saturated heterocycles. The molecule has 0 N–H and O–H groups in total. The Morgan fingerprint density at radius 3 is 2.06 bits per heavy atom. The minimum atomic E-state index is -4.97. The molecular weight excluding hydrogens is 422 g/mol. The van der Waals surface area contributed by atoms with E-state index in [0.29, 0.717) is 30.5 Å². The van der Waals surface area contributed by atoms with Gasteiger partial charge in [0.05, 0.1) is 5.56 Å². The molecule has 1 aliphatic heterocycles. The van der Waals surface area contributed by atoms with Gasteiger partial charge in [-0.25, -0.2) is 9.59 Å². The van der Waals surface area contributed by atoms with Crippen molar-refractivity contribution >= 4 is 19.0 Å². The van der Waals surface area contributed by atoms with Crippen molar-refractivity contribution in [2.45, 2.75) is 77.8 Å². The van der Waals surface area contributed by atoms with Gasteiger partial charge in [-0.3, -0.25) is 0 Å². The summed E-state index contributed by atoms with van der Waals surface area (Å²) in [5, 5.41) is 0. The van der Waals surface area contributed by atoms with Crippen LogP contribution in [0.1, 0.15) is 76.2 Å². The van der Waals surface area contributed by atoms with E-state index in [1.165, 1.54) is 4.90 Å². The third kappa shape index (κ3) is 8.39. The smallest absolute Gasteiger partial charge is 0.456 e. The van der Waals surface area contributed by atoms with Crippen molar-refractivity contribution in [3.05, 3.63) is 35.4 Å². The molecule has 1 heterocycles. The number of amides is 1. The van der Waals surface area contributed by atoms with E-state index >= 15 is 0 Å². The fraction of sp³-hybridized carbons (Fsp3) is 0.652. The molecule has 0 spiro atoms. The summed E-state index contributed by atoms with van der Waals surface area (Å²) in [5.74, 6) is -1.65. The second kappa shape index (κ2) is 9.75. The number of esters is 1. The Morgan fingerprint density at radius 1 is 1.00 bits per heavy atom.